The van der Waals surface area contributed by atoms with Crippen LogP contribution in [0.25, 0.3) is 0 Å². The molecule has 1 N–H and O–H groups in total. The van der Waals surface area contributed by atoms with Gasteiger partial charge in [0.15, 0.2) is 0 Å². The Hall–Kier alpha value is -0.943. The van der Waals surface area contributed by atoms with Crippen molar-refractivity contribution in [1.29, 1.82) is 0 Å². The zero-order valence-corrected chi connectivity index (χ0v) is 15.1. The highest BCUT2D eigenvalue weighted by Gasteiger charge is 2.15. The van der Waals surface area contributed by atoms with Gasteiger partial charge >= 0.3 is 0 Å². The van der Waals surface area contributed by atoms with Crippen LogP contribution in [-0.4, -0.2) is 25.9 Å². The Morgan fingerprint density at radius 2 is 1.90 bits per heavy atom. The maximum absolute atomic E-state index is 12.1. The van der Waals surface area contributed by atoms with Gasteiger partial charge < -0.3 is 10.1 Å². The molecule has 0 aromatic heterocycles. The van der Waals surface area contributed by atoms with Crippen LogP contribution in [0.4, 0.5) is 0 Å². The van der Waals surface area contributed by atoms with Gasteiger partial charge in [-0.15, -0.1) is 0 Å². The van der Waals surface area contributed by atoms with E-state index in [2.05, 4.69) is 40.9 Å². The van der Waals surface area contributed by atoms with Gasteiger partial charge in [0.2, 0.25) is 0 Å². The van der Waals surface area contributed by atoms with E-state index in [1.54, 1.807) is 6.92 Å². The Bertz CT molecular complexity index is 509. The van der Waals surface area contributed by atoms with Gasteiger partial charge in [-0.1, -0.05) is 41.6 Å². The van der Waals surface area contributed by atoms with Crippen molar-refractivity contribution in [2.45, 2.75) is 39.4 Å². The molecule has 1 amide bonds. The predicted octanol–water partition coefficient (Wildman–Crippen LogP) is 3.58. The van der Waals surface area contributed by atoms with Gasteiger partial charge in [-0.25, -0.2) is 0 Å². The first kappa shape index (κ1) is 17.1. The fourth-order valence-electron chi connectivity index (χ4n) is 1.65. The van der Waals surface area contributed by atoms with Crippen LogP contribution in [0.15, 0.2) is 22.7 Å². The van der Waals surface area contributed by atoms with Crippen LogP contribution >= 0.6 is 15.9 Å². The smallest absolute Gasteiger partial charge is 0.251 e. The Labute approximate surface area is 130 Å². The molecule has 0 radical (unpaired) electrons. The van der Waals surface area contributed by atoms with E-state index >= 15 is 0 Å². The SMILES string of the molecule is CC(=O)CCc1ccc(C(=O)NC[Si](C)(C)C)cc1Br. The molecule has 0 aliphatic carbocycles. The Morgan fingerprint density at radius 3 is 2.40 bits per heavy atom. The molecule has 0 heterocycles. The highest BCUT2D eigenvalue weighted by atomic mass is 79.9. The molecule has 1 aromatic rings. The zero-order chi connectivity index (χ0) is 15.3. The summed E-state index contributed by atoms with van der Waals surface area (Å²) in [6.07, 6.45) is 2.00. The van der Waals surface area contributed by atoms with Crippen LogP contribution in [0, 0.1) is 0 Å². The molecular weight excluding hydrogens is 334 g/mol. The van der Waals surface area contributed by atoms with Crippen molar-refractivity contribution in [2.75, 3.05) is 6.17 Å². The van der Waals surface area contributed by atoms with Crippen molar-refractivity contribution >= 4 is 35.7 Å². The highest BCUT2D eigenvalue weighted by Crippen LogP contribution is 2.20. The first-order valence-corrected chi connectivity index (χ1v) is 11.2. The molecule has 110 valence electrons. The van der Waals surface area contributed by atoms with E-state index < -0.39 is 8.07 Å². The average Bonchev–Trinajstić information content (AvgIpc) is 2.33. The summed E-state index contributed by atoms with van der Waals surface area (Å²) in [5.74, 6) is 0.139. The van der Waals surface area contributed by atoms with Crippen LogP contribution in [-0.2, 0) is 11.2 Å². The highest BCUT2D eigenvalue weighted by molar-refractivity contribution is 9.10. The molecule has 1 rings (SSSR count). The van der Waals surface area contributed by atoms with Gasteiger partial charge in [-0.3, -0.25) is 4.79 Å². The van der Waals surface area contributed by atoms with Crippen LogP contribution in [0.3, 0.4) is 0 Å². The Morgan fingerprint density at radius 1 is 1.25 bits per heavy atom. The maximum atomic E-state index is 12.1. The fourth-order valence-corrected chi connectivity index (χ4v) is 2.92. The third-order valence-corrected chi connectivity index (χ3v) is 4.82. The number of rotatable bonds is 6. The number of hydrogen-bond donors (Lipinski definition) is 1. The van der Waals surface area contributed by atoms with Crippen LogP contribution in [0.1, 0.15) is 29.3 Å². The largest absolute Gasteiger partial charge is 0.355 e. The van der Waals surface area contributed by atoms with E-state index in [1.807, 2.05) is 18.2 Å². The number of hydrogen-bond acceptors (Lipinski definition) is 2. The number of nitrogens with one attached hydrogen (secondary N) is 1. The maximum Gasteiger partial charge on any atom is 0.251 e. The molecular formula is C15H22BrNO2Si. The second-order valence-corrected chi connectivity index (χ2v) is 12.6. The Kier molecular flexibility index (Phi) is 6.14. The number of aryl methyl sites for hydroxylation is 1. The van der Waals surface area contributed by atoms with E-state index in [0.717, 1.165) is 16.2 Å². The van der Waals surface area contributed by atoms with Crippen LogP contribution in [0.5, 0.6) is 0 Å². The summed E-state index contributed by atoms with van der Waals surface area (Å²) >= 11 is 3.47. The topological polar surface area (TPSA) is 46.2 Å². The van der Waals surface area contributed by atoms with Gasteiger partial charge in [0.25, 0.3) is 5.91 Å². The normalized spacial score (nSPS) is 11.2. The summed E-state index contributed by atoms with van der Waals surface area (Å²) in [7, 11) is -1.28. The fraction of sp³-hybridized carbons (Fsp3) is 0.467. The molecule has 0 aliphatic heterocycles. The Balaban J connectivity index is 2.71. The molecule has 3 nitrogen and oxygen atoms in total. The van der Waals surface area contributed by atoms with Crippen molar-refractivity contribution in [3.05, 3.63) is 33.8 Å². The van der Waals surface area contributed by atoms with E-state index in [1.165, 1.54) is 0 Å². The van der Waals surface area contributed by atoms with Crippen molar-refractivity contribution in [3.63, 3.8) is 0 Å². The first-order chi connectivity index (χ1) is 9.19. The quantitative estimate of drug-likeness (QED) is 0.792. The number of amides is 1. The minimum atomic E-state index is -1.28. The van der Waals surface area contributed by atoms with Gasteiger partial charge in [0, 0.05) is 22.6 Å². The van der Waals surface area contributed by atoms with E-state index in [9.17, 15) is 9.59 Å². The second-order valence-electron chi connectivity index (χ2n) is 6.25. The first-order valence-electron chi connectivity index (χ1n) is 6.75. The number of halogens is 1. The summed E-state index contributed by atoms with van der Waals surface area (Å²) in [5.41, 5.74) is 1.71. The molecule has 1 aromatic carbocycles. The van der Waals surface area contributed by atoms with Crippen LogP contribution < -0.4 is 5.32 Å². The molecule has 0 bridgehead atoms. The lowest BCUT2D eigenvalue weighted by Gasteiger charge is -2.16. The lowest BCUT2D eigenvalue weighted by molar-refractivity contribution is -0.116. The summed E-state index contributed by atoms with van der Waals surface area (Å²) in [4.78, 5) is 23.1. The third-order valence-electron chi connectivity index (χ3n) is 2.84. The summed E-state index contributed by atoms with van der Waals surface area (Å²) in [6.45, 7) is 8.24. The van der Waals surface area contributed by atoms with Gasteiger partial charge in [0.05, 0.1) is 8.07 Å². The molecule has 0 fully saturated rings. The lowest BCUT2D eigenvalue weighted by atomic mass is 10.1. The van der Waals surface area contributed by atoms with Gasteiger partial charge in [-0.05, 0) is 31.0 Å². The summed E-state index contributed by atoms with van der Waals surface area (Å²) in [5, 5.41) is 2.98. The van der Waals surface area contributed by atoms with E-state index in [0.29, 0.717) is 18.4 Å². The summed E-state index contributed by atoms with van der Waals surface area (Å²) < 4.78 is 0.888. The number of carbonyl (C=O) groups excluding carboxylic acids is 2. The molecule has 0 spiro atoms. The zero-order valence-electron chi connectivity index (χ0n) is 12.5. The van der Waals surface area contributed by atoms with Crippen LogP contribution in [0.2, 0.25) is 19.6 Å². The summed E-state index contributed by atoms with van der Waals surface area (Å²) in [6, 6.07) is 5.56. The molecule has 5 heteroatoms. The minimum absolute atomic E-state index is 0.0359. The second kappa shape index (κ2) is 7.18. The lowest BCUT2D eigenvalue weighted by Crippen LogP contribution is -2.39. The van der Waals surface area contributed by atoms with E-state index in [-0.39, 0.29) is 11.7 Å². The molecule has 20 heavy (non-hydrogen) atoms. The van der Waals surface area contributed by atoms with Crippen molar-refractivity contribution in [1.82, 2.24) is 5.32 Å². The minimum Gasteiger partial charge on any atom is -0.355 e. The van der Waals surface area contributed by atoms with E-state index in [4.69, 9.17) is 0 Å². The van der Waals surface area contributed by atoms with Crippen molar-refractivity contribution in [3.8, 4) is 0 Å². The standard InChI is InChI=1S/C15H22BrNO2Si/c1-11(18)5-6-12-7-8-13(9-14(12)16)15(19)17-10-20(2,3)4/h7-9H,5-6,10H2,1-4H3,(H,17,19). The monoisotopic (exact) mass is 355 g/mol. The van der Waals surface area contributed by atoms with Crippen molar-refractivity contribution < 1.29 is 9.59 Å². The molecule has 0 atom stereocenters. The molecule has 0 aliphatic rings. The average molecular weight is 356 g/mol. The number of Topliss-reactive ketones (excluding diaryl/α,β-unsaturated/α-hetero) is 1. The number of carbonyl (C=O) groups is 2. The number of benzene rings is 1. The number of ketones is 1. The predicted molar refractivity (Wildman–Crippen MR) is 88.8 cm³/mol. The van der Waals surface area contributed by atoms with Gasteiger partial charge in [-0.2, -0.15) is 0 Å². The van der Waals surface area contributed by atoms with Crippen molar-refractivity contribution in [2.24, 2.45) is 0 Å². The molecule has 0 saturated heterocycles. The molecule has 0 unspecified atom stereocenters. The van der Waals surface area contributed by atoms with Gasteiger partial charge in [0.1, 0.15) is 5.78 Å². The molecule has 0 saturated carbocycles. The third kappa shape index (κ3) is 6.01.